The second kappa shape index (κ2) is 6.05. The Bertz CT molecular complexity index is 333. The van der Waals surface area contributed by atoms with Crippen LogP contribution in [0.25, 0.3) is 0 Å². The van der Waals surface area contributed by atoms with Crippen LogP contribution in [0.15, 0.2) is 22.2 Å². The van der Waals surface area contributed by atoms with E-state index in [2.05, 4.69) is 22.3 Å². The molecular formula is C11H18N4O. The van der Waals surface area contributed by atoms with Crippen molar-refractivity contribution in [2.75, 3.05) is 13.6 Å². The highest BCUT2D eigenvalue weighted by Gasteiger charge is 2.08. The third kappa shape index (κ3) is 3.84. The predicted octanol–water partition coefficient (Wildman–Crippen LogP) is 0.787. The average molecular weight is 222 g/mol. The summed E-state index contributed by atoms with van der Waals surface area (Å²) in [6.45, 7) is 4.54. The van der Waals surface area contributed by atoms with E-state index in [1.807, 2.05) is 13.1 Å². The monoisotopic (exact) mass is 222 g/mol. The van der Waals surface area contributed by atoms with E-state index in [1.165, 1.54) is 6.08 Å². The maximum absolute atomic E-state index is 11.0. The topological polar surface area (TPSA) is 57.1 Å². The number of hydrazone groups is 1. The summed E-state index contributed by atoms with van der Waals surface area (Å²) in [4.78, 5) is 15.4. The first-order valence-electron chi connectivity index (χ1n) is 5.36. The molecule has 0 radical (unpaired) electrons. The van der Waals surface area contributed by atoms with Gasteiger partial charge < -0.3 is 5.32 Å². The smallest absolute Gasteiger partial charge is 0.243 e. The SMILES string of the molecule is CNC(=O)/C=C/CN1N=CC[C@@H](C)N=C1C. The molecule has 1 N–H and O–H groups in total. The number of amides is 1. The van der Waals surface area contributed by atoms with Crippen LogP contribution in [0.3, 0.4) is 0 Å². The number of rotatable bonds is 3. The molecule has 0 bridgehead atoms. The number of hydrogen-bond acceptors (Lipinski definition) is 4. The fraction of sp³-hybridized carbons (Fsp3) is 0.545. The van der Waals surface area contributed by atoms with Crippen LogP contribution < -0.4 is 5.32 Å². The predicted molar refractivity (Wildman–Crippen MR) is 65.6 cm³/mol. The summed E-state index contributed by atoms with van der Waals surface area (Å²) in [5.74, 6) is 0.768. The number of nitrogens with zero attached hydrogens (tertiary/aromatic N) is 3. The summed E-state index contributed by atoms with van der Waals surface area (Å²) in [6, 6.07) is 0.275. The summed E-state index contributed by atoms with van der Waals surface area (Å²) < 4.78 is 0. The lowest BCUT2D eigenvalue weighted by Gasteiger charge is -2.15. The van der Waals surface area contributed by atoms with Gasteiger partial charge in [-0.2, -0.15) is 5.10 Å². The highest BCUT2D eigenvalue weighted by atomic mass is 16.1. The summed E-state index contributed by atoms with van der Waals surface area (Å²) >= 11 is 0. The van der Waals surface area contributed by atoms with Crippen molar-refractivity contribution in [3.63, 3.8) is 0 Å². The van der Waals surface area contributed by atoms with Gasteiger partial charge in [0.2, 0.25) is 5.91 Å². The van der Waals surface area contributed by atoms with Crippen LogP contribution in [0.5, 0.6) is 0 Å². The van der Waals surface area contributed by atoms with Crippen LogP contribution in [-0.4, -0.2) is 42.6 Å². The zero-order chi connectivity index (χ0) is 12.0. The number of hydrogen-bond donors (Lipinski definition) is 1. The van der Waals surface area contributed by atoms with Crippen molar-refractivity contribution in [1.29, 1.82) is 0 Å². The fourth-order valence-corrected chi connectivity index (χ4v) is 1.34. The van der Waals surface area contributed by atoms with E-state index < -0.39 is 0 Å². The van der Waals surface area contributed by atoms with Gasteiger partial charge in [-0.1, -0.05) is 6.08 Å². The quantitative estimate of drug-likeness (QED) is 0.718. The van der Waals surface area contributed by atoms with Crippen molar-refractivity contribution in [2.45, 2.75) is 26.3 Å². The standard InChI is InChI=1S/C11H18N4O/c1-9-6-7-13-15(10(2)14-9)8-4-5-11(16)12-3/h4-5,7,9H,6,8H2,1-3H3,(H,12,16)/b5-4+/t9-/m1/s1. The zero-order valence-electron chi connectivity index (χ0n) is 9.97. The van der Waals surface area contributed by atoms with E-state index in [-0.39, 0.29) is 11.9 Å². The lowest BCUT2D eigenvalue weighted by molar-refractivity contribution is -0.116. The summed E-state index contributed by atoms with van der Waals surface area (Å²) in [6.07, 6.45) is 5.98. The molecule has 88 valence electrons. The van der Waals surface area contributed by atoms with E-state index in [0.717, 1.165) is 12.3 Å². The third-order valence-electron chi connectivity index (χ3n) is 2.24. The largest absolute Gasteiger partial charge is 0.356 e. The Morgan fingerprint density at radius 3 is 3.19 bits per heavy atom. The number of aliphatic imine (C=N–C) groups is 1. The van der Waals surface area contributed by atoms with Crippen LogP contribution in [0, 0.1) is 0 Å². The summed E-state index contributed by atoms with van der Waals surface area (Å²) in [5, 5.41) is 8.57. The molecule has 16 heavy (non-hydrogen) atoms. The highest BCUT2D eigenvalue weighted by molar-refractivity contribution is 5.87. The van der Waals surface area contributed by atoms with E-state index in [1.54, 1.807) is 18.1 Å². The van der Waals surface area contributed by atoms with Gasteiger partial charge in [-0.15, -0.1) is 0 Å². The zero-order valence-corrected chi connectivity index (χ0v) is 9.97. The molecule has 0 spiro atoms. The van der Waals surface area contributed by atoms with Gasteiger partial charge in [0.1, 0.15) is 5.84 Å². The molecule has 5 nitrogen and oxygen atoms in total. The molecule has 0 aromatic carbocycles. The van der Waals surface area contributed by atoms with Crippen LogP contribution >= 0.6 is 0 Å². The van der Waals surface area contributed by atoms with Crippen LogP contribution in [0.4, 0.5) is 0 Å². The Hall–Kier alpha value is -1.65. The van der Waals surface area contributed by atoms with Crippen molar-refractivity contribution in [2.24, 2.45) is 10.1 Å². The Kier molecular flexibility index (Phi) is 4.69. The Labute approximate surface area is 95.9 Å². The molecule has 5 heteroatoms. The van der Waals surface area contributed by atoms with Gasteiger partial charge in [-0.05, 0) is 13.8 Å². The molecule has 0 aliphatic carbocycles. The molecule has 0 fully saturated rings. The molecule has 0 aromatic heterocycles. The molecule has 0 saturated heterocycles. The Morgan fingerprint density at radius 2 is 2.50 bits per heavy atom. The Balaban J connectivity index is 2.56. The normalized spacial score (nSPS) is 20.8. The average Bonchev–Trinajstić information content (AvgIpc) is 2.40. The molecule has 1 atom stereocenters. The van der Waals surface area contributed by atoms with E-state index in [4.69, 9.17) is 0 Å². The van der Waals surface area contributed by atoms with Gasteiger partial charge in [0, 0.05) is 25.8 Å². The first-order valence-corrected chi connectivity index (χ1v) is 5.36. The molecule has 0 unspecified atom stereocenters. The van der Waals surface area contributed by atoms with Gasteiger partial charge in [0.25, 0.3) is 0 Å². The molecule has 1 rings (SSSR count). The molecule has 1 aliphatic heterocycles. The van der Waals surface area contributed by atoms with Crippen molar-refractivity contribution in [1.82, 2.24) is 10.3 Å². The molecule has 1 aliphatic rings. The van der Waals surface area contributed by atoms with E-state index in [9.17, 15) is 4.79 Å². The van der Waals surface area contributed by atoms with Gasteiger partial charge in [0.15, 0.2) is 0 Å². The molecule has 0 aromatic rings. The second-order valence-corrected chi connectivity index (χ2v) is 3.66. The van der Waals surface area contributed by atoms with Gasteiger partial charge in [0.05, 0.1) is 12.6 Å². The van der Waals surface area contributed by atoms with Gasteiger partial charge in [-0.3, -0.25) is 9.79 Å². The van der Waals surface area contributed by atoms with E-state index in [0.29, 0.717) is 6.54 Å². The maximum Gasteiger partial charge on any atom is 0.243 e. The van der Waals surface area contributed by atoms with Crippen molar-refractivity contribution in [3.8, 4) is 0 Å². The number of carbonyl (C=O) groups excluding carboxylic acids is 1. The maximum atomic E-state index is 11.0. The summed E-state index contributed by atoms with van der Waals surface area (Å²) in [5.41, 5.74) is 0. The second-order valence-electron chi connectivity index (χ2n) is 3.66. The Morgan fingerprint density at radius 1 is 1.75 bits per heavy atom. The van der Waals surface area contributed by atoms with Gasteiger partial charge in [-0.25, -0.2) is 5.01 Å². The lowest BCUT2D eigenvalue weighted by atomic mass is 10.3. The van der Waals surface area contributed by atoms with Crippen molar-refractivity contribution >= 4 is 18.0 Å². The number of likely N-dealkylation sites (N-methyl/N-ethyl adjacent to an activating group) is 1. The minimum absolute atomic E-state index is 0.109. The number of nitrogens with one attached hydrogen (secondary N) is 1. The van der Waals surface area contributed by atoms with Gasteiger partial charge >= 0.3 is 0 Å². The first kappa shape index (κ1) is 12.4. The summed E-state index contributed by atoms with van der Waals surface area (Å²) in [7, 11) is 1.60. The molecular weight excluding hydrogens is 204 g/mol. The molecule has 0 saturated carbocycles. The minimum atomic E-state index is -0.109. The van der Waals surface area contributed by atoms with Crippen molar-refractivity contribution in [3.05, 3.63) is 12.2 Å². The minimum Gasteiger partial charge on any atom is -0.356 e. The first-order chi connectivity index (χ1) is 7.63. The number of amidine groups is 1. The number of carbonyl (C=O) groups is 1. The highest BCUT2D eigenvalue weighted by Crippen LogP contribution is 2.04. The molecule has 1 heterocycles. The van der Waals surface area contributed by atoms with Crippen LogP contribution in [-0.2, 0) is 4.79 Å². The lowest BCUT2D eigenvalue weighted by Crippen LogP contribution is -2.24. The third-order valence-corrected chi connectivity index (χ3v) is 2.24. The molecule has 1 amide bonds. The fourth-order valence-electron chi connectivity index (χ4n) is 1.34. The van der Waals surface area contributed by atoms with Crippen LogP contribution in [0.2, 0.25) is 0 Å². The van der Waals surface area contributed by atoms with E-state index >= 15 is 0 Å². The van der Waals surface area contributed by atoms with Crippen LogP contribution in [0.1, 0.15) is 20.3 Å². The van der Waals surface area contributed by atoms with Crippen molar-refractivity contribution < 1.29 is 4.79 Å².